The van der Waals surface area contributed by atoms with E-state index in [-0.39, 0.29) is 23.6 Å². The van der Waals surface area contributed by atoms with E-state index in [9.17, 15) is 14.7 Å². The first-order valence-corrected chi connectivity index (χ1v) is 10.0. The molecule has 2 aliphatic rings. The second-order valence-corrected chi connectivity index (χ2v) is 8.06. The van der Waals surface area contributed by atoms with Gasteiger partial charge in [0.2, 0.25) is 5.56 Å². The van der Waals surface area contributed by atoms with Crippen molar-refractivity contribution in [2.24, 2.45) is 0 Å². The number of fused-ring (bicyclic) bond motifs is 2. The summed E-state index contributed by atoms with van der Waals surface area (Å²) in [7, 11) is 0. The molecular weight excluding hydrogens is 366 g/mol. The zero-order valence-corrected chi connectivity index (χ0v) is 15.7. The summed E-state index contributed by atoms with van der Waals surface area (Å²) in [5.74, 6) is -0.212. The summed E-state index contributed by atoms with van der Waals surface area (Å²) in [4.78, 5) is 28.3. The van der Waals surface area contributed by atoms with E-state index < -0.39 is 6.10 Å². The van der Waals surface area contributed by atoms with Gasteiger partial charge in [-0.25, -0.2) is 0 Å². The Labute approximate surface area is 160 Å². The third-order valence-corrected chi connectivity index (χ3v) is 6.57. The van der Waals surface area contributed by atoms with Gasteiger partial charge in [-0.1, -0.05) is 6.07 Å². The van der Waals surface area contributed by atoms with Gasteiger partial charge in [0.15, 0.2) is 0 Å². The van der Waals surface area contributed by atoms with Crippen molar-refractivity contribution in [2.75, 3.05) is 26.2 Å². The molecule has 0 aliphatic carbocycles. The number of aromatic nitrogens is 1. The molecule has 2 aliphatic heterocycles. The first kappa shape index (κ1) is 18.4. The zero-order valence-electron chi connectivity index (χ0n) is 14.9. The maximum absolute atomic E-state index is 12.6. The Morgan fingerprint density at radius 1 is 1.37 bits per heavy atom. The average Bonchev–Trinajstić information content (AvgIpc) is 3.13. The summed E-state index contributed by atoms with van der Waals surface area (Å²) < 4.78 is 6.16. The fraction of sp³-hybridized carbons (Fsp3) is 0.474. The summed E-state index contributed by atoms with van der Waals surface area (Å²) in [6, 6.07) is 6.54. The van der Waals surface area contributed by atoms with Crippen molar-refractivity contribution in [3.8, 4) is 0 Å². The highest BCUT2D eigenvalue weighted by Gasteiger charge is 2.41. The number of rotatable bonds is 4. The molecule has 7 nitrogen and oxygen atoms in total. The second kappa shape index (κ2) is 7.55. The lowest BCUT2D eigenvalue weighted by molar-refractivity contribution is -0.0771. The number of hydrogen-bond donors (Lipinski definition) is 4. The van der Waals surface area contributed by atoms with Crippen LogP contribution in [0.1, 0.15) is 44.8 Å². The van der Waals surface area contributed by atoms with Crippen molar-refractivity contribution in [3.63, 3.8) is 0 Å². The topological polar surface area (TPSA) is 103 Å². The summed E-state index contributed by atoms with van der Waals surface area (Å²) in [5.41, 5.74) is 1.04. The van der Waals surface area contributed by atoms with Crippen molar-refractivity contribution >= 4 is 17.2 Å². The lowest BCUT2D eigenvalue weighted by Crippen LogP contribution is -2.43. The zero-order chi connectivity index (χ0) is 18.9. The summed E-state index contributed by atoms with van der Waals surface area (Å²) in [6.07, 6.45) is 1.70. The van der Waals surface area contributed by atoms with Crippen LogP contribution in [0.2, 0.25) is 0 Å². The van der Waals surface area contributed by atoms with E-state index in [2.05, 4.69) is 15.6 Å². The highest BCUT2D eigenvalue weighted by Crippen LogP contribution is 2.44. The predicted octanol–water partition coefficient (Wildman–Crippen LogP) is 1.05. The van der Waals surface area contributed by atoms with Crippen molar-refractivity contribution in [1.29, 1.82) is 0 Å². The maximum atomic E-state index is 12.6. The van der Waals surface area contributed by atoms with Gasteiger partial charge in [-0.15, -0.1) is 11.3 Å². The molecule has 1 fully saturated rings. The van der Waals surface area contributed by atoms with E-state index >= 15 is 0 Å². The van der Waals surface area contributed by atoms with Gasteiger partial charge >= 0.3 is 0 Å². The summed E-state index contributed by atoms with van der Waals surface area (Å²) in [5, 5.41) is 16.3. The first-order valence-electron chi connectivity index (χ1n) is 9.21. The molecule has 27 heavy (non-hydrogen) atoms. The molecule has 144 valence electrons. The van der Waals surface area contributed by atoms with Crippen molar-refractivity contribution in [1.82, 2.24) is 15.6 Å². The van der Waals surface area contributed by atoms with E-state index in [1.807, 2.05) is 6.07 Å². The number of hydrogen-bond acceptors (Lipinski definition) is 6. The number of aliphatic hydroxyl groups excluding tert-OH is 1. The van der Waals surface area contributed by atoms with Gasteiger partial charge in [0.05, 0.1) is 11.5 Å². The van der Waals surface area contributed by atoms with Crippen LogP contribution in [0.3, 0.4) is 0 Å². The highest BCUT2D eigenvalue weighted by atomic mass is 32.1. The van der Waals surface area contributed by atoms with Gasteiger partial charge in [-0.2, -0.15) is 0 Å². The van der Waals surface area contributed by atoms with Crippen LogP contribution in [0.25, 0.3) is 0 Å². The molecule has 1 spiro atoms. The molecule has 0 radical (unpaired) electrons. The Bertz CT molecular complexity index is 885. The van der Waals surface area contributed by atoms with Crippen LogP contribution in [0.15, 0.2) is 29.1 Å². The number of piperidine rings is 1. The number of amides is 1. The van der Waals surface area contributed by atoms with E-state index in [1.165, 1.54) is 27.8 Å². The van der Waals surface area contributed by atoms with Crippen LogP contribution < -0.4 is 16.2 Å². The number of ether oxygens (including phenoxy) is 1. The van der Waals surface area contributed by atoms with Gasteiger partial charge in [-0.05, 0) is 50.0 Å². The van der Waals surface area contributed by atoms with Crippen LogP contribution >= 0.6 is 11.3 Å². The molecule has 0 bridgehead atoms. The number of nitrogens with one attached hydrogen (secondary N) is 3. The van der Waals surface area contributed by atoms with Gasteiger partial charge in [0, 0.05) is 23.2 Å². The lowest BCUT2D eigenvalue weighted by atomic mass is 9.86. The van der Waals surface area contributed by atoms with Gasteiger partial charge in [0.25, 0.3) is 5.91 Å². The number of thiophene rings is 1. The molecule has 8 heteroatoms. The average molecular weight is 389 g/mol. The van der Waals surface area contributed by atoms with E-state index in [0.29, 0.717) is 17.2 Å². The van der Waals surface area contributed by atoms with Crippen molar-refractivity contribution in [3.05, 3.63) is 55.6 Å². The minimum absolute atomic E-state index is 0.0346. The smallest absolute Gasteiger partial charge is 0.261 e. The quantitative estimate of drug-likeness (QED) is 0.626. The third-order valence-electron chi connectivity index (χ3n) is 5.21. The molecule has 0 aromatic carbocycles. The van der Waals surface area contributed by atoms with Crippen LogP contribution in [-0.2, 0) is 16.8 Å². The Kier molecular flexibility index (Phi) is 5.14. The molecular formula is C19H23N3O4S. The summed E-state index contributed by atoms with van der Waals surface area (Å²) in [6.45, 7) is 2.55. The number of H-pyrrole nitrogens is 1. The maximum Gasteiger partial charge on any atom is 0.261 e. The minimum Gasteiger partial charge on any atom is -0.385 e. The normalized spacial score (nSPS) is 19.4. The SMILES string of the molecule is O=C(NCC(O)c1cccc(=O)[nH]1)c1cc2c(s1)C1(CCNCC1)OCC2. The van der Waals surface area contributed by atoms with Gasteiger partial charge in [0.1, 0.15) is 11.7 Å². The Morgan fingerprint density at radius 2 is 2.19 bits per heavy atom. The van der Waals surface area contributed by atoms with Crippen LogP contribution in [0, 0.1) is 0 Å². The number of carbonyl (C=O) groups is 1. The van der Waals surface area contributed by atoms with Crippen LogP contribution in [0.5, 0.6) is 0 Å². The largest absolute Gasteiger partial charge is 0.385 e. The van der Waals surface area contributed by atoms with E-state index in [1.54, 1.807) is 12.1 Å². The fourth-order valence-corrected chi connectivity index (χ4v) is 5.11. The fourth-order valence-electron chi connectivity index (χ4n) is 3.78. The molecule has 1 amide bonds. The number of aromatic amines is 1. The Balaban J connectivity index is 1.46. The van der Waals surface area contributed by atoms with E-state index in [0.717, 1.165) is 32.4 Å². The van der Waals surface area contributed by atoms with Crippen molar-refractivity contribution in [2.45, 2.75) is 31.0 Å². The van der Waals surface area contributed by atoms with Gasteiger partial charge in [-0.3, -0.25) is 9.59 Å². The second-order valence-electron chi connectivity index (χ2n) is 7.00. The molecule has 4 N–H and O–H groups in total. The predicted molar refractivity (Wildman–Crippen MR) is 102 cm³/mol. The monoisotopic (exact) mass is 389 g/mol. The molecule has 2 aromatic rings. The van der Waals surface area contributed by atoms with Crippen LogP contribution in [0.4, 0.5) is 0 Å². The standard InChI is InChI=1S/C19H23N3O4S/c23-14(13-2-1-3-16(24)22-13)11-21-18(25)15-10-12-4-9-26-19(17(12)27-15)5-7-20-8-6-19/h1-3,10,14,20,23H,4-9,11H2,(H,21,25)(H,22,24). The van der Waals surface area contributed by atoms with Crippen LogP contribution in [-0.4, -0.2) is 42.2 Å². The minimum atomic E-state index is -0.962. The first-order chi connectivity index (χ1) is 13.1. The van der Waals surface area contributed by atoms with Crippen molar-refractivity contribution < 1.29 is 14.6 Å². The highest BCUT2D eigenvalue weighted by molar-refractivity contribution is 7.14. The summed E-state index contributed by atoms with van der Waals surface area (Å²) >= 11 is 1.49. The van der Waals surface area contributed by atoms with E-state index in [4.69, 9.17) is 4.74 Å². The molecule has 1 unspecified atom stereocenters. The third kappa shape index (κ3) is 3.70. The number of pyridine rings is 1. The number of aliphatic hydroxyl groups is 1. The number of carbonyl (C=O) groups excluding carboxylic acids is 1. The molecule has 1 saturated heterocycles. The molecule has 2 aromatic heterocycles. The molecule has 4 heterocycles. The molecule has 0 saturated carbocycles. The molecule has 1 atom stereocenters. The lowest BCUT2D eigenvalue weighted by Gasteiger charge is -2.40. The Hall–Kier alpha value is -2.00. The molecule has 4 rings (SSSR count). The van der Waals surface area contributed by atoms with Gasteiger partial charge < -0.3 is 25.5 Å². The Morgan fingerprint density at radius 3 is 2.96 bits per heavy atom.